The van der Waals surface area contributed by atoms with Crippen LogP contribution in [0.2, 0.25) is 4.47 Å². The van der Waals surface area contributed by atoms with E-state index in [1.807, 2.05) is 42.5 Å². The summed E-state index contributed by atoms with van der Waals surface area (Å²) in [7, 11) is 0. The molecule has 0 aliphatic rings. The van der Waals surface area contributed by atoms with Crippen LogP contribution >= 0.6 is 0 Å². The van der Waals surface area contributed by atoms with Gasteiger partial charge in [-0.15, -0.1) is 0 Å². The Balaban J connectivity index is 1.78. The number of carboxylic acids is 2. The number of ether oxygens (including phenoxy) is 1. The molecular weight excluding hydrogens is 450 g/mol. The number of rotatable bonds is 11. The summed E-state index contributed by atoms with van der Waals surface area (Å²) in [5.41, 5.74) is 0.610. The van der Waals surface area contributed by atoms with Crippen LogP contribution in [0, 0.1) is 0 Å². The van der Waals surface area contributed by atoms with Gasteiger partial charge in [0.05, 0.1) is 0 Å². The summed E-state index contributed by atoms with van der Waals surface area (Å²) in [6.07, 6.45) is 0.989. The molecule has 7 heteroatoms. The molecule has 2 rings (SSSR count). The van der Waals surface area contributed by atoms with Gasteiger partial charge in [-0.25, -0.2) is 0 Å². The number of carbonyl (C=O) groups is 2. The van der Waals surface area contributed by atoms with E-state index in [2.05, 4.69) is 0 Å². The molecular formula is C19H21NO5Te. The molecule has 6 nitrogen and oxygen atoms in total. The van der Waals surface area contributed by atoms with Crippen molar-refractivity contribution in [1.29, 1.82) is 0 Å². The van der Waals surface area contributed by atoms with Crippen LogP contribution < -0.4 is 13.2 Å². The molecule has 0 spiro atoms. The molecule has 0 saturated heterocycles. The van der Waals surface area contributed by atoms with Gasteiger partial charge in [0.15, 0.2) is 0 Å². The third kappa shape index (κ3) is 7.34. The molecule has 2 aromatic carbocycles. The van der Waals surface area contributed by atoms with Gasteiger partial charge >= 0.3 is 163 Å². The zero-order chi connectivity index (χ0) is 18.8. The van der Waals surface area contributed by atoms with E-state index in [0.717, 1.165) is 16.6 Å². The van der Waals surface area contributed by atoms with Crippen LogP contribution in [0.15, 0.2) is 54.6 Å². The van der Waals surface area contributed by atoms with Gasteiger partial charge < -0.3 is 0 Å². The Morgan fingerprint density at radius 3 is 2.12 bits per heavy atom. The Labute approximate surface area is 162 Å². The topological polar surface area (TPSA) is 87.1 Å². The predicted octanol–water partition coefficient (Wildman–Crippen LogP) is 1.88. The van der Waals surface area contributed by atoms with Crippen LogP contribution in [0.25, 0.3) is 0 Å². The zero-order valence-corrected chi connectivity index (χ0v) is 16.5. The first-order chi connectivity index (χ1) is 12.5. The van der Waals surface area contributed by atoms with E-state index < -0.39 is 11.9 Å². The number of carboxylic acid groups (broad SMARTS) is 2. The molecule has 0 saturated carbocycles. The third-order valence-corrected chi connectivity index (χ3v) is 6.56. The monoisotopic (exact) mass is 473 g/mol. The standard InChI is InChI=1S/C19H21NO5Te/c21-18(22)13-20(14-19(23)24)15-7-9-17(10-8-15)26-12-4-11-25-16-5-2-1-3-6-16/h1-3,5-10H,4,11-14H2,(H,21,22)(H,23,24). The quantitative estimate of drug-likeness (QED) is 0.385. The number of nitrogens with zero attached hydrogens (tertiary/aromatic N) is 1. The van der Waals surface area contributed by atoms with Gasteiger partial charge in [-0.2, -0.15) is 0 Å². The number of hydrogen-bond acceptors (Lipinski definition) is 4. The van der Waals surface area contributed by atoms with Crippen molar-refractivity contribution in [2.45, 2.75) is 10.9 Å². The number of para-hydroxylation sites is 1. The minimum absolute atomic E-state index is 0.334. The number of hydrogen-bond donors (Lipinski definition) is 2. The summed E-state index contributed by atoms with van der Waals surface area (Å²) in [6, 6.07) is 17.3. The van der Waals surface area contributed by atoms with Crippen molar-refractivity contribution in [1.82, 2.24) is 0 Å². The molecule has 2 aromatic rings. The maximum atomic E-state index is 10.9. The van der Waals surface area contributed by atoms with Gasteiger partial charge in [0.1, 0.15) is 0 Å². The van der Waals surface area contributed by atoms with Crippen LogP contribution in [-0.4, -0.2) is 62.8 Å². The predicted molar refractivity (Wildman–Crippen MR) is 101 cm³/mol. The molecule has 0 aliphatic heterocycles. The van der Waals surface area contributed by atoms with Crippen LogP contribution in [0.3, 0.4) is 0 Å². The molecule has 26 heavy (non-hydrogen) atoms. The SMILES string of the molecule is O=C(O)CN(CC(=O)O)c1ccc([Te]CCCOc2ccccc2)cc1. The summed E-state index contributed by atoms with van der Waals surface area (Å²) in [5.74, 6) is -1.22. The third-order valence-electron chi connectivity index (χ3n) is 3.42. The van der Waals surface area contributed by atoms with E-state index in [1.165, 1.54) is 8.51 Å². The second-order valence-corrected chi connectivity index (χ2v) is 8.84. The molecule has 2 N–H and O–H groups in total. The molecule has 0 unspecified atom stereocenters. The van der Waals surface area contributed by atoms with Crippen molar-refractivity contribution in [2.24, 2.45) is 0 Å². The Bertz CT molecular complexity index is 690. The molecule has 0 atom stereocenters. The Hall–Kier alpha value is -2.23. The van der Waals surface area contributed by atoms with Gasteiger partial charge in [-0.1, -0.05) is 0 Å². The maximum absolute atomic E-state index is 10.9. The van der Waals surface area contributed by atoms with E-state index in [0.29, 0.717) is 12.3 Å². The number of benzene rings is 2. The number of aliphatic carboxylic acids is 2. The van der Waals surface area contributed by atoms with Crippen LogP contribution in [0.4, 0.5) is 5.69 Å². The fraction of sp³-hybridized carbons (Fsp3) is 0.263. The van der Waals surface area contributed by atoms with Gasteiger partial charge in [-0.05, 0) is 0 Å². The second-order valence-electron chi connectivity index (χ2n) is 5.50. The van der Waals surface area contributed by atoms with Crippen molar-refractivity contribution >= 4 is 42.2 Å². The van der Waals surface area contributed by atoms with E-state index >= 15 is 0 Å². The molecule has 0 bridgehead atoms. The molecule has 0 aromatic heterocycles. The van der Waals surface area contributed by atoms with Crippen molar-refractivity contribution in [2.75, 3.05) is 24.6 Å². The first kappa shape index (κ1) is 20.1. The molecule has 0 radical (unpaired) electrons. The van der Waals surface area contributed by atoms with Gasteiger partial charge in [0, 0.05) is 0 Å². The summed E-state index contributed by atoms with van der Waals surface area (Å²) >= 11 is -0.343. The minimum atomic E-state index is -1.05. The van der Waals surface area contributed by atoms with Crippen molar-refractivity contribution < 1.29 is 24.5 Å². The Kier molecular flexibility index (Phi) is 8.26. The average molecular weight is 471 g/mol. The summed E-state index contributed by atoms with van der Waals surface area (Å²) < 4.78 is 8.03. The van der Waals surface area contributed by atoms with Crippen molar-refractivity contribution in [3.8, 4) is 5.75 Å². The molecule has 0 aliphatic carbocycles. The molecule has 0 fully saturated rings. The normalized spacial score (nSPS) is 10.3. The van der Waals surface area contributed by atoms with Gasteiger partial charge in [0.2, 0.25) is 0 Å². The van der Waals surface area contributed by atoms with E-state index in [-0.39, 0.29) is 34.0 Å². The summed E-state index contributed by atoms with van der Waals surface area (Å²) in [6.45, 7) is 0.0240. The average Bonchev–Trinajstić information content (AvgIpc) is 2.61. The van der Waals surface area contributed by atoms with Crippen molar-refractivity contribution in [3.63, 3.8) is 0 Å². The second kappa shape index (κ2) is 10.7. The fourth-order valence-corrected chi connectivity index (χ4v) is 4.63. The van der Waals surface area contributed by atoms with E-state index in [1.54, 1.807) is 12.1 Å². The van der Waals surface area contributed by atoms with E-state index in [4.69, 9.17) is 14.9 Å². The van der Waals surface area contributed by atoms with Crippen LogP contribution in [-0.2, 0) is 9.59 Å². The van der Waals surface area contributed by atoms with E-state index in [9.17, 15) is 9.59 Å². The van der Waals surface area contributed by atoms with Gasteiger partial charge in [0.25, 0.3) is 0 Å². The molecule has 0 amide bonds. The molecule has 138 valence electrons. The Morgan fingerprint density at radius 2 is 1.54 bits per heavy atom. The fourth-order valence-electron chi connectivity index (χ4n) is 2.27. The summed E-state index contributed by atoms with van der Waals surface area (Å²) in [5, 5.41) is 17.8. The van der Waals surface area contributed by atoms with Gasteiger partial charge in [-0.3, -0.25) is 0 Å². The van der Waals surface area contributed by atoms with Crippen LogP contribution in [0.5, 0.6) is 5.75 Å². The Morgan fingerprint density at radius 1 is 0.923 bits per heavy atom. The number of anilines is 1. The molecule has 0 heterocycles. The van der Waals surface area contributed by atoms with Crippen LogP contribution in [0.1, 0.15) is 6.42 Å². The zero-order valence-electron chi connectivity index (χ0n) is 14.2. The first-order valence-electron chi connectivity index (χ1n) is 8.14. The first-order valence-corrected chi connectivity index (χ1v) is 10.9. The summed E-state index contributed by atoms with van der Waals surface area (Å²) in [4.78, 5) is 23.1. The van der Waals surface area contributed by atoms with Crippen molar-refractivity contribution in [3.05, 3.63) is 54.6 Å².